The molecule has 0 fully saturated rings. The lowest BCUT2D eigenvalue weighted by atomic mass is 10.1. The molecule has 6 heteroatoms. The zero-order chi connectivity index (χ0) is 20.4. The summed E-state index contributed by atoms with van der Waals surface area (Å²) in [6, 6.07) is 22.1. The molecular formula is C24H22Cl4N2. The van der Waals surface area contributed by atoms with E-state index in [1.54, 1.807) is 6.07 Å². The van der Waals surface area contributed by atoms with Crippen molar-refractivity contribution in [2.75, 3.05) is 0 Å². The van der Waals surface area contributed by atoms with E-state index >= 15 is 0 Å². The molecule has 1 heterocycles. The van der Waals surface area contributed by atoms with Gasteiger partial charge in [0.1, 0.15) is 0 Å². The topological polar surface area (TPSA) is 17.0 Å². The van der Waals surface area contributed by atoms with Gasteiger partial charge in [-0.2, -0.15) is 0 Å². The molecule has 4 aromatic rings. The van der Waals surface area contributed by atoms with Crippen molar-refractivity contribution in [1.82, 2.24) is 9.88 Å². The summed E-state index contributed by atoms with van der Waals surface area (Å²) in [7, 11) is 0. The van der Waals surface area contributed by atoms with Gasteiger partial charge in [-0.05, 0) is 47.9 Å². The number of benzene rings is 3. The van der Waals surface area contributed by atoms with Gasteiger partial charge in [-0.15, -0.1) is 12.4 Å². The minimum Gasteiger partial charge on any atom is -0.340 e. The van der Waals surface area contributed by atoms with E-state index in [1.807, 2.05) is 36.4 Å². The lowest BCUT2D eigenvalue weighted by Gasteiger charge is -2.11. The van der Waals surface area contributed by atoms with Gasteiger partial charge in [-0.25, -0.2) is 0 Å². The zero-order valence-electron chi connectivity index (χ0n) is 16.5. The van der Waals surface area contributed by atoms with Crippen LogP contribution >= 0.6 is 47.2 Å². The quantitative estimate of drug-likeness (QED) is 0.300. The van der Waals surface area contributed by atoms with Crippen LogP contribution in [0.25, 0.3) is 10.9 Å². The molecule has 156 valence electrons. The molecule has 30 heavy (non-hydrogen) atoms. The molecule has 1 aromatic heterocycles. The minimum atomic E-state index is 0. The van der Waals surface area contributed by atoms with Crippen molar-refractivity contribution < 1.29 is 0 Å². The summed E-state index contributed by atoms with van der Waals surface area (Å²) in [4.78, 5) is 0. The van der Waals surface area contributed by atoms with Crippen LogP contribution in [-0.4, -0.2) is 4.57 Å². The first kappa shape index (κ1) is 23.0. The molecule has 1 N–H and O–H groups in total. The van der Waals surface area contributed by atoms with Gasteiger partial charge in [0, 0.05) is 51.3 Å². The molecule has 0 unspecified atom stereocenters. The highest BCUT2D eigenvalue weighted by Gasteiger charge is 2.15. The summed E-state index contributed by atoms with van der Waals surface area (Å²) in [5.41, 5.74) is 5.87. The third-order valence-corrected chi connectivity index (χ3v) is 6.24. The Hall–Kier alpha value is -1.68. The third kappa shape index (κ3) is 4.80. The first-order valence-corrected chi connectivity index (χ1v) is 10.6. The normalized spacial score (nSPS) is 10.9. The molecule has 0 aliphatic rings. The second-order valence-electron chi connectivity index (χ2n) is 7.10. The number of halogens is 4. The molecule has 0 saturated heterocycles. The number of nitrogens with zero attached hydrogens (tertiary/aromatic N) is 1. The van der Waals surface area contributed by atoms with Crippen LogP contribution in [0.5, 0.6) is 0 Å². The van der Waals surface area contributed by atoms with Crippen LogP contribution in [0.3, 0.4) is 0 Å². The first-order chi connectivity index (χ1) is 14.0. The van der Waals surface area contributed by atoms with Gasteiger partial charge in [0.25, 0.3) is 0 Å². The van der Waals surface area contributed by atoms with E-state index in [-0.39, 0.29) is 12.4 Å². The average molecular weight is 480 g/mol. The molecule has 0 aliphatic heterocycles. The molecule has 2 nitrogen and oxygen atoms in total. The summed E-state index contributed by atoms with van der Waals surface area (Å²) >= 11 is 18.8. The number of fused-ring (bicyclic) bond motifs is 1. The number of aromatic nitrogens is 1. The predicted octanol–water partition coefficient (Wildman–Crippen LogP) is 7.67. The van der Waals surface area contributed by atoms with Gasteiger partial charge in [-0.3, -0.25) is 0 Å². The maximum atomic E-state index is 6.43. The maximum absolute atomic E-state index is 6.43. The fourth-order valence-electron chi connectivity index (χ4n) is 3.71. The maximum Gasteiger partial charge on any atom is 0.0493 e. The van der Waals surface area contributed by atoms with Crippen molar-refractivity contribution in [2.24, 2.45) is 0 Å². The molecule has 0 aliphatic carbocycles. The van der Waals surface area contributed by atoms with Crippen LogP contribution < -0.4 is 5.32 Å². The van der Waals surface area contributed by atoms with Gasteiger partial charge in [-0.1, -0.05) is 77.3 Å². The van der Waals surface area contributed by atoms with E-state index in [4.69, 9.17) is 34.8 Å². The molecule has 0 spiro atoms. The summed E-state index contributed by atoms with van der Waals surface area (Å²) in [5, 5.41) is 6.92. The van der Waals surface area contributed by atoms with Crippen LogP contribution in [0.1, 0.15) is 22.4 Å². The van der Waals surface area contributed by atoms with E-state index in [9.17, 15) is 0 Å². The highest BCUT2D eigenvalue weighted by atomic mass is 35.5. The van der Waals surface area contributed by atoms with E-state index in [2.05, 4.69) is 41.1 Å². The third-order valence-electron chi connectivity index (χ3n) is 5.28. The fraction of sp³-hybridized carbons (Fsp3) is 0.167. The summed E-state index contributed by atoms with van der Waals surface area (Å²) in [6.45, 7) is 4.35. The Morgan fingerprint density at radius 2 is 1.53 bits per heavy atom. The SMILES string of the molecule is Cc1c(CNCc2ccccc2Cl)c2ccccc2n1Cc1ccc(Cl)cc1Cl.Cl. The van der Waals surface area contributed by atoms with Crippen LogP contribution in [0, 0.1) is 6.92 Å². The van der Waals surface area contributed by atoms with E-state index in [1.165, 1.54) is 22.2 Å². The molecule has 4 rings (SSSR count). The molecule has 3 aromatic carbocycles. The van der Waals surface area contributed by atoms with E-state index in [0.29, 0.717) is 16.6 Å². The van der Waals surface area contributed by atoms with E-state index in [0.717, 1.165) is 29.2 Å². The summed E-state index contributed by atoms with van der Waals surface area (Å²) < 4.78 is 2.32. The summed E-state index contributed by atoms with van der Waals surface area (Å²) in [6.07, 6.45) is 0. The van der Waals surface area contributed by atoms with Crippen molar-refractivity contribution in [3.05, 3.63) is 104 Å². The van der Waals surface area contributed by atoms with Crippen molar-refractivity contribution in [1.29, 1.82) is 0 Å². The molecule has 0 saturated carbocycles. The predicted molar refractivity (Wildman–Crippen MR) is 131 cm³/mol. The highest BCUT2D eigenvalue weighted by molar-refractivity contribution is 6.35. The van der Waals surface area contributed by atoms with Crippen LogP contribution in [-0.2, 0) is 19.6 Å². The monoisotopic (exact) mass is 478 g/mol. The molecule has 0 amide bonds. The number of rotatable bonds is 6. The Balaban J connectivity index is 0.00000256. The molecule has 0 atom stereocenters. The molecular weight excluding hydrogens is 458 g/mol. The fourth-order valence-corrected chi connectivity index (χ4v) is 4.38. The van der Waals surface area contributed by atoms with Crippen LogP contribution in [0.15, 0.2) is 66.7 Å². The van der Waals surface area contributed by atoms with Gasteiger partial charge in [0.05, 0.1) is 0 Å². The Bertz CT molecular complexity index is 1170. The van der Waals surface area contributed by atoms with Gasteiger partial charge in [0.2, 0.25) is 0 Å². The number of para-hydroxylation sites is 1. The minimum absolute atomic E-state index is 0. The first-order valence-electron chi connectivity index (χ1n) is 9.49. The lowest BCUT2D eigenvalue weighted by Crippen LogP contribution is -2.14. The van der Waals surface area contributed by atoms with Crippen LogP contribution in [0.2, 0.25) is 15.1 Å². The number of nitrogens with one attached hydrogen (secondary N) is 1. The Morgan fingerprint density at radius 3 is 2.30 bits per heavy atom. The second kappa shape index (κ2) is 10.1. The van der Waals surface area contributed by atoms with Crippen molar-refractivity contribution in [2.45, 2.75) is 26.6 Å². The van der Waals surface area contributed by atoms with Crippen LogP contribution in [0.4, 0.5) is 0 Å². The highest BCUT2D eigenvalue weighted by Crippen LogP contribution is 2.29. The van der Waals surface area contributed by atoms with Crippen molar-refractivity contribution in [3.63, 3.8) is 0 Å². The van der Waals surface area contributed by atoms with Gasteiger partial charge >= 0.3 is 0 Å². The lowest BCUT2D eigenvalue weighted by molar-refractivity contribution is 0.686. The van der Waals surface area contributed by atoms with E-state index < -0.39 is 0 Å². The Kier molecular flexibility index (Phi) is 7.73. The Labute approximate surface area is 198 Å². The molecule has 0 radical (unpaired) electrons. The van der Waals surface area contributed by atoms with Gasteiger partial charge in [0.15, 0.2) is 0 Å². The van der Waals surface area contributed by atoms with Gasteiger partial charge < -0.3 is 9.88 Å². The second-order valence-corrected chi connectivity index (χ2v) is 8.35. The smallest absolute Gasteiger partial charge is 0.0493 e. The zero-order valence-corrected chi connectivity index (χ0v) is 19.5. The number of hydrogen-bond acceptors (Lipinski definition) is 1. The number of hydrogen-bond donors (Lipinski definition) is 1. The average Bonchev–Trinajstić information content (AvgIpc) is 2.97. The Morgan fingerprint density at radius 1 is 0.800 bits per heavy atom. The molecule has 0 bridgehead atoms. The van der Waals surface area contributed by atoms with Crippen molar-refractivity contribution >= 4 is 58.1 Å². The standard InChI is InChI=1S/C24H21Cl3N2.ClH/c1-16-21(14-28-13-17-6-2-4-8-22(17)26)20-7-3-5-9-24(20)29(16)15-18-10-11-19(25)12-23(18)27;/h2-12,28H,13-15H2,1H3;1H. The van der Waals surface area contributed by atoms with Crippen molar-refractivity contribution in [3.8, 4) is 0 Å². The summed E-state index contributed by atoms with van der Waals surface area (Å²) in [5.74, 6) is 0. The largest absolute Gasteiger partial charge is 0.340 e.